The van der Waals surface area contributed by atoms with Crippen LogP contribution in [0.1, 0.15) is 17.3 Å². The summed E-state index contributed by atoms with van der Waals surface area (Å²) in [4.78, 5) is 45.2. The van der Waals surface area contributed by atoms with E-state index in [0.717, 1.165) is 6.07 Å². The van der Waals surface area contributed by atoms with Gasteiger partial charge in [-0.1, -0.05) is 0 Å². The molecule has 10 nitrogen and oxygen atoms in total. The van der Waals surface area contributed by atoms with Crippen LogP contribution in [-0.2, 0) is 14.3 Å². The number of rotatable bonds is 7. The van der Waals surface area contributed by atoms with Crippen LogP contribution in [0.3, 0.4) is 0 Å². The van der Waals surface area contributed by atoms with E-state index in [1.54, 1.807) is 24.3 Å². The Labute approximate surface area is 159 Å². The molecule has 0 fully saturated rings. The fourth-order valence-electron chi connectivity index (χ4n) is 2.21. The molecule has 0 aliphatic carbocycles. The highest BCUT2D eigenvalue weighted by atomic mass is 16.6. The molecule has 2 aromatic rings. The SMILES string of the molecule is COc1ccc(C(=O)OCC(=O)Nc2ccc(NC(C)=O)cc2)cc1[N+](=O)[O-]. The van der Waals surface area contributed by atoms with Crippen LogP contribution in [0.2, 0.25) is 0 Å². The van der Waals surface area contributed by atoms with Crippen molar-refractivity contribution in [2.45, 2.75) is 6.92 Å². The molecule has 0 saturated heterocycles. The zero-order chi connectivity index (χ0) is 20.7. The van der Waals surface area contributed by atoms with Crippen LogP contribution in [-0.4, -0.2) is 36.4 Å². The molecule has 0 spiro atoms. The van der Waals surface area contributed by atoms with Gasteiger partial charge in [-0.15, -0.1) is 0 Å². The topological polar surface area (TPSA) is 137 Å². The first-order valence-corrected chi connectivity index (χ1v) is 7.97. The van der Waals surface area contributed by atoms with Crippen LogP contribution in [0.15, 0.2) is 42.5 Å². The van der Waals surface area contributed by atoms with Crippen molar-refractivity contribution in [3.63, 3.8) is 0 Å². The Bertz CT molecular complexity index is 910. The molecule has 0 aliphatic rings. The second-order valence-corrected chi connectivity index (χ2v) is 5.53. The Morgan fingerprint density at radius 3 is 2.18 bits per heavy atom. The van der Waals surface area contributed by atoms with E-state index in [0.29, 0.717) is 11.4 Å². The minimum Gasteiger partial charge on any atom is -0.490 e. The van der Waals surface area contributed by atoms with Gasteiger partial charge < -0.3 is 20.1 Å². The number of hydrogen-bond donors (Lipinski definition) is 2. The molecule has 10 heteroatoms. The number of anilines is 2. The van der Waals surface area contributed by atoms with Gasteiger partial charge in [0.25, 0.3) is 5.91 Å². The number of nitro groups is 1. The summed E-state index contributed by atoms with van der Waals surface area (Å²) in [7, 11) is 1.27. The molecule has 0 heterocycles. The lowest BCUT2D eigenvalue weighted by Crippen LogP contribution is -2.21. The number of nitrogens with one attached hydrogen (secondary N) is 2. The van der Waals surface area contributed by atoms with Crippen molar-refractivity contribution in [1.82, 2.24) is 0 Å². The first-order valence-electron chi connectivity index (χ1n) is 7.97. The van der Waals surface area contributed by atoms with E-state index >= 15 is 0 Å². The lowest BCUT2D eigenvalue weighted by Gasteiger charge is -2.08. The third-order valence-electron chi connectivity index (χ3n) is 3.43. The van der Waals surface area contributed by atoms with Gasteiger partial charge in [0.2, 0.25) is 5.91 Å². The Balaban J connectivity index is 1.93. The number of methoxy groups -OCH3 is 1. The van der Waals surface area contributed by atoms with Gasteiger partial charge in [-0.25, -0.2) is 4.79 Å². The number of carbonyl (C=O) groups excluding carboxylic acids is 3. The van der Waals surface area contributed by atoms with Crippen LogP contribution in [0, 0.1) is 10.1 Å². The summed E-state index contributed by atoms with van der Waals surface area (Å²) in [6.07, 6.45) is 0. The van der Waals surface area contributed by atoms with Gasteiger partial charge in [-0.3, -0.25) is 19.7 Å². The minimum atomic E-state index is -0.887. The van der Waals surface area contributed by atoms with Crippen molar-refractivity contribution in [3.8, 4) is 5.75 Å². The fraction of sp³-hybridized carbons (Fsp3) is 0.167. The quantitative estimate of drug-likeness (QED) is 0.423. The highest BCUT2D eigenvalue weighted by molar-refractivity contribution is 5.96. The van der Waals surface area contributed by atoms with Crippen molar-refractivity contribution in [3.05, 3.63) is 58.1 Å². The highest BCUT2D eigenvalue weighted by Gasteiger charge is 2.19. The predicted molar refractivity (Wildman–Crippen MR) is 99.3 cm³/mol. The average Bonchev–Trinajstić information content (AvgIpc) is 2.66. The number of esters is 1. The van der Waals surface area contributed by atoms with Crippen LogP contribution in [0.25, 0.3) is 0 Å². The molecule has 0 atom stereocenters. The van der Waals surface area contributed by atoms with Crippen LogP contribution in [0.4, 0.5) is 17.1 Å². The number of carbonyl (C=O) groups is 3. The van der Waals surface area contributed by atoms with Crippen molar-refractivity contribution >= 4 is 34.8 Å². The minimum absolute atomic E-state index is 0.00185. The number of benzene rings is 2. The van der Waals surface area contributed by atoms with E-state index in [1.807, 2.05) is 0 Å². The number of hydrogen-bond acceptors (Lipinski definition) is 7. The standard InChI is InChI=1S/C18H17N3O7/c1-11(22)19-13-4-6-14(7-5-13)20-17(23)10-28-18(24)12-3-8-16(27-2)15(9-12)21(25)26/h3-9H,10H2,1-2H3,(H,19,22)(H,20,23). The van der Waals surface area contributed by atoms with Crippen LogP contribution < -0.4 is 15.4 Å². The Morgan fingerprint density at radius 2 is 1.64 bits per heavy atom. The van der Waals surface area contributed by atoms with Gasteiger partial charge in [0, 0.05) is 24.4 Å². The number of nitrogens with zero attached hydrogens (tertiary/aromatic N) is 1. The van der Waals surface area contributed by atoms with Gasteiger partial charge in [0.1, 0.15) is 0 Å². The van der Waals surface area contributed by atoms with Gasteiger partial charge >= 0.3 is 11.7 Å². The number of amides is 2. The highest BCUT2D eigenvalue weighted by Crippen LogP contribution is 2.27. The van der Waals surface area contributed by atoms with Crippen LogP contribution >= 0.6 is 0 Å². The Morgan fingerprint density at radius 1 is 1.04 bits per heavy atom. The van der Waals surface area contributed by atoms with E-state index in [9.17, 15) is 24.5 Å². The van der Waals surface area contributed by atoms with Crippen molar-refractivity contribution in [1.29, 1.82) is 0 Å². The van der Waals surface area contributed by atoms with Crippen molar-refractivity contribution in [2.24, 2.45) is 0 Å². The van der Waals surface area contributed by atoms with E-state index < -0.39 is 23.4 Å². The average molecular weight is 387 g/mol. The van der Waals surface area contributed by atoms with E-state index in [2.05, 4.69) is 10.6 Å². The zero-order valence-corrected chi connectivity index (χ0v) is 15.1. The van der Waals surface area contributed by atoms with Gasteiger partial charge in [-0.2, -0.15) is 0 Å². The first kappa shape index (κ1) is 20.4. The molecule has 0 bridgehead atoms. The molecular formula is C18H17N3O7. The molecule has 0 aliphatic heterocycles. The Kier molecular flexibility index (Phi) is 6.63. The molecule has 2 amide bonds. The monoisotopic (exact) mass is 387 g/mol. The second kappa shape index (κ2) is 9.12. The molecule has 0 radical (unpaired) electrons. The van der Waals surface area contributed by atoms with E-state index in [4.69, 9.17) is 9.47 Å². The molecule has 2 aromatic carbocycles. The van der Waals surface area contributed by atoms with Gasteiger partial charge in [-0.05, 0) is 36.4 Å². The fourth-order valence-corrected chi connectivity index (χ4v) is 2.21. The zero-order valence-electron chi connectivity index (χ0n) is 15.1. The summed E-state index contributed by atoms with van der Waals surface area (Å²) < 4.78 is 9.73. The molecule has 146 valence electrons. The molecular weight excluding hydrogens is 370 g/mol. The molecule has 2 rings (SSSR count). The largest absolute Gasteiger partial charge is 0.490 e. The van der Waals surface area contributed by atoms with Gasteiger partial charge in [0.05, 0.1) is 17.6 Å². The predicted octanol–water partition coefficient (Wildman–Crippen LogP) is 2.36. The molecule has 2 N–H and O–H groups in total. The van der Waals surface area contributed by atoms with Crippen LogP contribution in [0.5, 0.6) is 5.75 Å². The Hall–Kier alpha value is -3.95. The maximum atomic E-state index is 12.0. The molecule has 28 heavy (non-hydrogen) atoms. The van der Waals surface area contributed by atoms with Crippen molar-refractivity contribution < 1.29 is 28.8 Å². The molecule has 0 unspecified atom stereocenters. The third-order valence-corrected chi connectivity index (χ3v) is 3.43. The second-order valence-electron chi connectivity index (χ2n) is 5.53. The van der Waals surface area contributed by atoms with Crippen molar-refractivity contribution in [2.75, 3.05) is 24.4 Å². The molecule has 0 aromatic heterocycles. The summed E-state index contributed by atoms with van der Waals surface area (Å²) in [5.41, 5.74) is 0.536. The lowest BCUT2D eigenvalue weighted by atomic mass is 10.2. The van der Waals surface area contributed by atoms with Gasteiger partial charge in [0.15, 0.2) is 12.4 Å². The third kappa shape index (κ3) is 5.53. The summed E-state index contributed by atoms with van der Waals surface area (Å²) in [5.74, 6) is -1.70. The maximum Gasteiger partial charge on any atom is 0.338 e. The lowest BCUT2D eigenvalue weighted by molar-refractivity contribution is -0.385. The summed E-state index contributed by atoms with van der Waals surface area (Å²) in [6, 6.07) is 9.91. The maximum absolute atomic E-state index is 12.0. The smallest absolute Gasteiger partial charge is 0.338 e. The number of ether oxygens (including phenoxy) is 2. The number of nitro benzene ring substituents is 1. The first-order chi connectivity index (χ1) is 13.3. The van der Waals surface area contributed by atoms with E-state index in [-0.39, 0.29) is 22.9 Å². The summed E-state index contributed by atoms with van der Waals surface area (Å²) in [5, 5.41) is 16.1. The van der Waals surface area contributed by atoms with E-state index in [1.165, 1.54) is 26.2 Å². The molecule has 0 saturated carbocycles. The summed E-state index contributed by atoms with van der Waals surface area (Å²) >= 11 is 0. The normalized spacial score (nSPS) is 9.93. The summed E-state index contributed by atoms with van der Waals surface area (Å²) in [6.45, 7) is 0.799.